The minimum absolute atomic E-state index is 0.113. The van der Waals surface area contributed by atoms with Gasteiger partial charge in [-0.05, 0) is 25.7 Å². The van der Waals surface area contributed by atoms with Gasteiger partial charge in [0.25, 0.3) is 0 Å². The number of carboxylic acids is 1. The van der Waals surface area contributed by atoms with Gasteiger partial charge in [0, 0.05) is 6.42 Å². The van der Waals surface area contributed by atoms with E-state index in [1.54, 1.807) is 0 Å². The maximum Gasteiger partial charge on any atom is 0.326 e. The molecule has 0 aromatic carbocycles. The van der Waals surface area contributed by atoms with Gasteiger partial charge >= 0.3 is 5.97 Å². The summed E-state index contributed by atoms with van der Waals surface area (Å²) in [6.07, 6.45) is -1.71. The van der Waals surface area contributed by atoms with E-state index in [-0.39, 0.29) is 18.8 Å². The number of nitrogens with one attached hydrogen (secondary N) is 3. The molecule has 0 bridgehead atoms. The lowest BCUT2D eigenvalue weighted by Crippen LogP contribution is -2.60. The molecule has 0 aromatic heterocycles. The van der Waals surface area contributed by atoms with Gasteiger partial charge in [-0.1, -0.05) is 13.8 Å². The molecule has 0 aliphatic rings. The molecule has 0 spiro atoms. The molecule has 31 heavy (non-hydrogen) atoms. The monoisotopic (exact) mass is 447 g/mol. The number of primary amides is 1. The van der Waals surface area contributed by atoms with Crippen LogP contribution in [0.15, 0.2) is 0 Å². The third kappa shape index (κ3) is 10.7. The molecule has 0 fully saturated rings. The van der Waals surface area contributed by atoms with Crippen LogP contribution in [0.2, 0.25) is 0 Å². The molecule has 0 radical (unpaired) electrons. The van der Waals surface area contributed by atoms with Crippen LogP contribution in [0.1, 0.15) is 40.0 Å². The SMILES string of the molecule is CC(C)CC(N)C(=O)NC(CO)C(=O)NC(C(=O)NC(CCC(N)=O)C(=O)O)C(C)O. The van der Waals surface area contributed by atoms with Crippen molar-refractivity contribution in [1.29, 1.82) is 0 Å². The number of aliphatic hydroxyl groups is 2. The molecule has 0 rings (SSSR count). The summed E-state index contributed by atoms with van der Waals surface area (Å²) >= 11 is 0. The Balaban J connectivity index is 5.17. The van der Waals surface area contributed by atoms with E-state index >= 15 is 0 Å². The van der Waals surface area contributed by atoms with E-state index in [0.717, 1.165) is 0 Å². The number of carboxylic acid groups (broad SMARTS) is 1. The number of hydrogen-bond acceptors (Lipinski definition) is 8. The maximum atomic E-state index is 12.4. The van der Waals surface area contributed by atoms with Gasteiger partial charge in [-0.2, -0.15) is 0 Å². The molecule has 10 N–H and O–H groups in total. The number of nitrogens with two attached hydrogens (primary N) is 2. The fraction of sp³-hybridized carbons (Fsp3) is 0.722. The highest BCUT2D eigenvalue weighted by Crippen LogP contribution is 2.04. The summed E-state index contributed by atoms with van der Waals surface area (Å²) in [7, 11) is 0. The summed E-state index contributed by atoms with van der Waals surface area (Å²) in [6.45, 7) is 4.07. The van der Waals surface area contributed by atoms with Gasteiger partial charge in [0.2, 0.25) is 23.6 Å². The van der Waals surface area contributed by atoms with Crippen molar-refractivity contribution in [3.05, 3.63) is 0 Å². The highest BCUT2D eigenvalue weighted by Gasteiger charge is 2.32. The number of carbonyl (C=O) groups is 5. The second kappa shape index (κ2) is 13.5. The average Bonchev–Trinajstić information content (AvgIpc) is 2.65. The largest absolute Gasteiger partial charge is 0.480 e. The van der Waals surface area contributed by atoms with E-state index in [0.29, 0.717) is 6.42 Å². The topological polar surface area (TPSA) is 234 Å². The van der Waals surface area contributed by atoms with Crippen molar-refractivity contribution in [3.63, 3.8) is 0 Å². The summed E-state index contributed by atoms with van der Waals surface area (Å²) in [5, 5.41) is 35.0. The van der Waals surface area contributed by atoms with Gasteiger partial charge in [-0.15, -0.1) is 0 Å². The molecule has 0 aliphatic carbocycles. The minimum atomic E-state index is -1.60. The van der Waals surface area contributed by atoms with E-state index in [4.69, 9.17) is 16.6 Å². The Kier molecular flexibility index (Phi) is 12.3. The van der Waals surface area contributed by atoms with Crippen molar-refractivity contribution >= 4 is 29.6 Å². The summed E-state index contributed by atoms with van der Waals surface area (Å²) in [5.74, 6) is -4.80. The summed E-state index contributed by atoms with van der Waals surface area (Å²) in [6, 6.07) is -5.46. The third-order valence-corrected chi connectivity index (χ3v) is 4.23. The van der Waals surface area contributed by atoms with E-state index in [9.17, 15) is 34.2 Å². The number of hydrogen-bond donors (Lipinski definition) is 8. The second-order valence-corrected chi connectivity index (χ2v) is 7.61. The standard InChI is InChI=1S/C18H33N5O8/c1-8(2)6-10(19)15(27)22-12(7-24)16(28)23-14(9(3)25)17(29)21-11(18(30)31)4-5-13(20)26/h8-12,14,24-25H,4-7,19H2,1-3H3,(H2,20,26)(H,21,29)(H,22,27)(H,23,28)(H,30,31). The van der Waals surface area contributed by atoms with Crippen LogP contribution in [-0.4, -0.2) is 81.8 Å². The van der Waals surface area contributed by atoms with E-state index in [1.807, 2.05) is 13.8 Å². The first kappa shape index (κ1) is 28.2. The Bertz CT molecular complexity index is 655. The molecule has 0 heterocycles. The minimum Gasteiger partial charge on any atom is -0.480 e. The quantitative estimate of drug-likeness (QED) is 0.132. The van der Waals surface area contributed by atoms with Crippen molar-refractivity contribution in [2.75, 3.05) is 6.61 Å². The van der Waals surface area contributed by atoms with Crippen LogP contribution >= 0.6 is 0 Å². The third-order valence-electron chi connectivity index (χ3n) is 4.23. The van der Waals surface area contributed by atoms with Gasteiger partial charge in [0.05, 0.1) is 18.8 Å². The molecule has 178 valence electrons. The van der Waals surface area contributed by atoms with Crippen molar-refractivity contribution in [2.45, 2.75) is 70.3 Å². The molecule has 5 unspecified atom stereocenters. The van der Waals surface area contributed by atoms with Crippen LogP contribution < -0.4 is 27.4 Å². The predicted octanol–water partition coefficient (Wildman–Crippen LogP) is -3.46. The van der Waals surface area contributed by atoms with Crippen LogP contribution in [0.5, 0.6) is 0 Å². The first-order valence-electron chi connectivity index (χ1n) is 9.76. The predicted molar refractivity (Wildman–Crippen MR) is 108 cm³/mol. The zero-order valence-electron chi connectivity index (χ0n) is 17.8. The molecule has 4 amide bonds. The Labute approximate surface area is 179 Å². The number of aliphatic carboxylic acids is 1. The van der Waals surface area contributed by atoms with Gasteiger partial charge < -0.3 is 42.7 Å². The van der Waals surface area contributed by atoms with Crippen LogP contribution in [0.25, 0.3) is 0 Å². The van der Waals surface area contributed by atoms with Crippen LogP contribution in [0.4, 0.5) is 0 Å². The van der Waals surface area contributed by atoms with Gasteiger partial charge in [-0.25, -0.2) is 4.79 Å². The number of carbonyl (C=O) groups excluding carboxylic acids is 4. The van der Waals surface area contributed by atoms with Crippen LogP contribution in [-0.2, 0) is 24.0 Å². The number of amides is 4. The molecule has 0 aliphatic heterocycles. The highest BCUT2D eigenvalue weighted by molar-refractivity contribution is 5.94. The summed E-state index contributed by atoms with van der Waals surface area (Å²) in [5.41, 5.74) is 10.7. The lowest BCUT2D eigenvalue weighted by atomic mass is 10.0. The average molecular weight is 447 g/mol. The van der Waals surface area contributed by atoms with E-state index in [2.05, 4.69) is 16.0 Å². The molecule has 0 saturated heterocycles. The smallest absolute Gasteiger partial charge is 0.326 e. The van der Waals surface area contributed by atoms with Gasteiger partial charge in [0.15, 0.2) is 0 Å². The fourth-order valence-corrected chi connectivity index (χ4v) is 2.55. The molecule has 5 atom stereocenters. The number of aliphatic hydroxyl groups excluding tert-OH is 2. The first-order valence-corrected chi connectivity index (χ1v) is 9.76. The summed E-state index contributed by atoms with van der Waals surface area (Å²) < 4.78 is 0. The maximum absolute atomic E-state index is 12.4. The van der Waals surface area contributed by atoms with Crippen LogP contribution in [0, 0.1) is 5.92 Å². The zero-order chi connectivity index (χ0) is 24.3. The molecule has 0 aromatic rings. The van der Waals surface area contributed by atoms with Gasteiger partial charge in [-0.3, -0.25) is 19.2 Å². The second-order valence-electron chi connectivity index (χ2n) is 7.61. The van der Waals surface area contributed by atoms with Crippen molar-refractivity contribution in [2.24, 2.45) is 17.4 Å². The van der Waals surface area contributed by atoms with E-state index < -0.39 is 66.5 Å². The zero-order valence-corrected chi connectivity index (χ0v) is 17.8. The lowest BCUT2D eigenvalue weighted by Gasteiger charge is -2.26. The molecular weight excluding hydrogens is 414 g/mol. The lowest BCUT2D eigenvalue weighted by molar-refractivity contribution is -0.143. The van der Waals surface area contributed by atoms with Crippen molar-refractivity contribution < 1.29 is 39.3 Å². The highest BCUT2D eigenvalue weighted by atomic mass is 16.4. The van der Waals surface area contributed by atoms with E-state index in [1.165, 1.54) is 6.92 Å². The summed E-state index contributed by atoms with van der Waals surface area (Å²) in [4.78, 5) is 59.0. The van der Waals surface area contributed by atoms with Crippen LogP contribution in [0.3, 0.4) is 0 Å². The first-order chi connectivity index (χ1) is 14.3. The number of rotatable bonds is 14. The normalized spacial score (nSPS) is 15.8. The Morgan fingerprint density at radius 3 is 1.87 bits per heavy atom. The molecule has 0 saturated carbocycles. The van der Waals surface area contributed by atoms with Gasteiger partial charge in [0.1, 0.15) is 18.1 Å². The Morgan fingerprint density at radius 2 is 1.45 bits per heavy atom. The Hall–Kier alpha value is -2.77. The molecule has 13 nitrogen and oxygen atoms in total. The fourth-order valence-electron chi connectivity index (χ4n) is 2.55. The molecule has 13 heteroatoms. The molecular formula is C18H33N5O8. The van der Waals surface area contributed by atoms with Crippen molar-refractivity contribution in [1.82, 2.24) is 16.0 Å². The van der Waals surface area contributed by atoms with Crippen molar-refractivity contribution in [3.8, 4) is 0 Å². The Morgan fingerprint density at radius 1 is 0.903 bits per heavy atom.